The van der Waals surface area contributed by atoms with E-state index in [1.165, 1.54) is 11.1 Å². The summed E-state index contributed by atoms with van der Waals surface area (Å²) in [4.78, 5) is 0. The molecule has 1 aromatic carbocycles. The van der Waals surface area contributed by atoms with Crippen molar-refractivity contribution in [2.45, 2.75) is 24.9 Å². The fourth-order valence-electron chi connectivity index (χ4n) is 0.841. The van der Waals surface area contributed by atoms with E-state index < -0.39 is 31.3 Å². The van der Waals surface area contributed by atoms with Crippen molar-refractivity contribution < 1.29 is 76.8 Å². The Balaban J connectivity index is -0.0000000415. The van der Waals surface area contributed by atoms with Crippen LogP contribution in [0.25, 0.3) is 0 Å². The average Bonchev–Trinajstić information content (AvgIpc) is 2.39. The van der Waals surface area contributed by atoms with Crippen LogP contribution < -0.4 is 35.5 Å². The number of halogens is 6. The van der Waals surface area contributed by atoms with E-state index in [1.807, 2.05) is 12.1 Å². The second-order valence-corrected chi connectivity index (χ2v) is 6.99. The minimum atomic E-state index is -6.09. The summed E-state index contributed by atoms with van der Waals surface area (Å²) in [7, 11) is -10.5. The van der Waals surface area contributed by atoms with Crippen LogP contribution in [0.5, 0.6) is 5.75 Å². The first-order valence-electron chi connectivity index (χ1n) is 5.89. The molecule has 21 heteroatoms. The Morgan fingerprint density at radius 1 is 0.719 bits per heavy atom. The first-order valence-corrected chi connectivity index (χ1v) is 8.71. The molecule has 0 spiro atoms. The largest absolute Gasteiger partial charge is 2.00 e. The second-order valence-electron chi connectivity index (χ2n) is 4.25. The minimum Gasteiger partial charge on any atom is -0.741 e. The maximum atomic E-state index is 10.7. The molecule has 1 rings (SSSR count). The third kappa shape index (κ3) is 22.1. The van der Waals surface area contributed by atoms with Gasteiger partial charge >= 0.3 is 30.8 Å². The molecule has 0 saturated heterocycles. The van der Waals surface area contributed by atoms with Crippen LogP contribution in [-0.2, 0) is 40.0 Å². The van der Waals surface area contributed by atoms with Gasteiger partial charge in [0.15, 0.2) is 20.2 Å². The summed E-state index contributed by atoms with van der Waals surface area (Å²) in [5.41, 5.74) is -8.71. The maximum absolute atomic E-state index is 10.7. The van der Waals surface area contributed by atoms with Crippen LogP contribution in [0.15, 0.2) is 18.2 Å². The van der Waals surface area contributed by atoms with Gasteiger partial charge in [-0.3, -0.25) is 0 Å². The SMILES string of the molecule is COc1ccc(C)c(C)c1.N.N.N.N.N.O=S(=O)([O-])C(F)(F)F.O=S(=O)([O-])C(F)(F)F.[Os+2]. The molecule has 0 aliphatic rings. The smallest absolute Gasteiger partial charge is 0.741 e. The monoisotopic (exact) mass is 711 g/mol. The molecule has 0 heterocycles. The van der Waals surface area contributed by atoms with Crippen LogP contribution in [-0.4, -0.2) is 44.1 Å². The Hall–Kier alpha value is -1.14. The molecule has 0 atom stereocenters. The molecule has 0 aliphatic heterocycles. The standard InChI is InChI=1S/C9H12O.2CHF3O3S.5H3N.Os/c1-7-4-5-9(10-3)6-8(7)2;2*2-1(3,4)8(5,6)7;;;;;;/h4-6H,1-3H3;2*(H,5,6,7);5*1H3;/q;;;;;;;;+2/p-2. The summed E-state index contributed by atoms with van der Waals surface area (Å²) >= 11 is 0. The number of hydrogen-bond donors (Lipinski definition) is 5. The molecule has 0 aromatic heterocycles. The predicted octanol–water partition coefficient (Wildman–Crippen LogP) is 3.22. The molecule has 12 nitrogen and oxygen atoms in total. The van der Waals surface area contributed by atoms with Gasteiger partial charge in [0.05, 0.1) is 7.11 Å². The van der Waals surface area contributed by atoms with Gasteiger partial charge in [0, 0.05) is 0 Å². The number of ether oxygens (including phenoxy) is 1. The van der Waals surface area contributed by atoms with Gasteiger partial charge in [0.25, 0.3) is 0 Å². The number of aryl methyl sites for hydroxylation is 2. The summed E-state index contributed by atoms with van der Waals surface area (Å²) in [6, 6.07) is 6.08. The second kappa shape index (κ2) is 19.3. The van der Waals surface area contributed by atoms with Crippen molar-refractivity contribution in [2.24, 2.45) is 0 Å². The van der Waals surface area contributed by atoms with Gasteiger partial charge in [-0.2, -0.15) is 26.3 Å². The number of methoxy groups -OCH3 is 1. The molecule has 0 bridgehead atoms. The Morgan fingerprint density at radius 3 is 1.12 bits per heavy atom. The van der Waals surface area contributed by atoms with E-state index in [1.54, 1.807) is 7.11 Å². The van der Waals surface area contributed by atoms with Gasteiger partial charge in [-0.15, -0.1) is 0 Å². The van der Waals surface area contributed by atoms with E-state index in [-0.39, 0.29) is 50.5 Å². The third-order valence-electron chi connectivity index (χ3n) is 2.28. The summed E-state index contributed by atoms with van der Waals surface area (Å²) in [6.45, 7) is 4.17. The Bertz CT molecular complexity index is 766. The van der Waals surface area contributed by atoms with Crippen LogP contribution in [0.3, 0.4) is 0 Å². The van der Waals surface area contributed by atoms with E-state index in [0.29, 0.717) is 0 Å². The number of alkyl halides is 6. The third-order valence-corrected chi connectivity index (χ3v) is 3.41. The van der Waals surface area contributed by atoms with Crippen molar-refractivity contribution >= 4 is 20.2 Å². The van der Waals surface area contributed by atoms with Crippen molar-refractivity contribution in [1.82, 2.24) is 30.8 Å². The fraction of sp³-hybridized carbons (Fsp3) is 0.455. The Kier molecular flexibility index (Phi) is 31.8. The maximum Gasteiger partial charge on any atom is 2.00 e. The van der Waals surface area contributed by atoms with Crippen molar-refractivity contribution in [3.63, 3.8) is 0 Å². The van der Waals surface area contributed by atoms with Crippen molar-refractivity contribution in [3.05, 3.63) is 29.3 Å². The predicted molar refractivity (Wildman–Crippen MR) is 99.1 cm³/mol. The zero-order valence-corrected chi connectivity index (χ0v) is 21.2. The van der Waals surface area contributed by atoms with Gasteiger partial charge in [-0.25, -0.2) is 16.8 Å². The van der Waals surface area contributed by atoms with Crippen LogP contribution in [0.1, 0.15) is 11.1 Å². The minimum absolute atomic E-state index is 0. The molecule has 0 radical (unpaired) electrons. The number of rotatable bonds is 1. The van der Waals surface area contributed by atoms with Crippen LogP contribution >= 0.6 is 0 Å². The molecular formula is C11H27F6N5O7OsS2. The Morgan fingerprint density at radius 2 is 0.969 bits per heavy atom. The summed E-state index contributed by atoms with van der Waals surface area (Å²) < 4.78 is 123. The van der Waals surface area contributed by atoms with Crippen molar-refractivity contribution in [1.29, 1.82) is 0 Å². The van der Waals surface area contributed by atoms with Crippen LogP contribution in [0.4, 0.5) is 26.3 Å². The van der Waals surface area contributed by atoms with Gasteiger partial charge in [-0.1, -0.05) is 6.07 Å². The van der Waals surface area contributed by atoms with E-state index in [9.17, 15) is 26.3 Å². The van der Waals surface area contributed by atoms with Gasteiger partial charge in [-0.05, 0) is 37.1 Å². The first-order chi connectivity index (χ1) is 11.2. The molecule has 1 aromatic rings. The van der Waals surface area contributed by atoms with Gasteiger partial charge < -0.3 is 44.6 Å². The fourth-order valence-corrected chi connectivity index (χ4v) is 0.841. The van der Waals surface area contributed by atoms with E-state index in [2.05, 4.69) is 19.9 Å². The van der Waals surface area contributed by atoms with Crippen molar-refractivity contribution in [2.75, 3.05) is 7.11 Å². The normalized spacial score (nSPS) is 9.97. The van der Waals surface area contributed by atoms with Crippen LogP contribution in [0.2, 0.25) is 0 Å². The van der Waals surface area contributed by atoms with Gasteiger partial charge in [0.1, 0.15) is 5.75 Å². The van der Waals surface area contributed by atoms with Crippen LogP contribution in [0, 0.1) is 13.8 Å². The summed E-state index contributed by atoms with van der Waals surface area (Å²) in [5, 5.41) is 0. The Labute approximate surface area is 194 Å². The van der Waals surface area contributed by atoms with E-state index >= 15 is 0 Å². The molecule has 200 valence electrons. The molecule has 15 N–H and O–H groups in total. The molecule has 0 saturated carbocycles. The molecule has 0 aliphatic carbocycles. The molecular weight excluding hydrogens is 683 g/mol. The molecule has 0 unspecified atom stereocenters. The number of hydrogen-bond acceptors (Lipinski definition) is 12. The topological polar surface area (TPSA) is 299 Å². The van der Waals surface area contributed by atoms with E-state index in [0.717, 1.165) is 5.75 Å². The van der Waals surface area contributed by atoms with Crippen molar-refractivity contribution in [3.8, 4) is 5.75 Å². The van der Waals surface area contributed by atoms with Gasteiger partial charge in [0.2, 0.25) is 0 Å². The van der Waals surface area contributed by atoms with E-state index in [4.69, 9.17) is 30.7 Å². The number of benzene rings is 1. The first kappa shape index (κ1) is 52.7. The zero-order chi connectivity index (χ0) is 21.6. The summed E-state index contributed by atoms with van der Waals surface area (Å²) in [5.74, 6) is 0.933. The summed E-state index contributed by atoms with van der Waals surface area (Å²) in [6.07, 6.45) is 0. The zero-order valence-electron chi connectivity index (χ0n) is 17.1. The molecule has 32 heavy (non-hydrogen) atoms. The quantitative estimate of drug-likeness (QED) is 0.159. The molecule has 0 fully saturated rings. The molecule has 0 amide bonds. The average molecular weight is 710 g/mol.